The van der Waals surface area contributed by atoms with Crippen molar-refractivity contribution in [2.75, 3.05) is 17.2 Å². The average molecular weight is 237 g/mol. The molecule has 0 saturated heterocycles. The topological polar surface area (TPSA) is 40.5 Å². The monoisotopic (exact) mass is 237 g/mol. The molecule has 1 N–H and O–H groups in total. The summed E-state index contributed by atoms with van der Waals surface area (Å²) in [6.07, 6.45) is 0. The van der Waals surface area contributed by atoms with Crippen LogP contribution in [-0.2, 0) is 4.79 Å². The Morgan fingerprint density at radius 1 is 1.62 bits per heavy atom. The first-order valence-electron chi connectivity index (χ1n) is 5.30. The molecule has 1 aromatic rings. The number of anilines is 1. The van der Waals surface area contributed by atoms with Crippen molar-refractivity contribution in [3.63, 3.8) is 0 Å². The molecule has 0 aliphatic carbocycles. The minimum atomic E-state index is -0.770. The van der Waals surface area contributed by atoms with Crippen molar-refractivity contribution in [2.24, 2.45) is 0 Å². The zero-order valence-corrected chi connectivity index (χ0v) is 10.3. The molecule has 0 spiro atoms. The van der Waals surface area contributed by atoms with Crippen LogP contribution >= 0.6 is 11.8 Å². The summed E-state index contributed by atoms with van der Waals surface area (Å²) in [6, 6.07) is 6.39. The largest absolute Gasteiger partial charge is 0.480 e. The number of aryl methyl sites for hydroxylation is 1. The van der Waals surface area contributed by atoms with E-state index in [2.05, 4.69) is 13.0 Å². The number of nitrogens with zero attached hydrogens (tertiary/aromatic N) is 1. The van der Waals surface area contributed by atoms with E-state index in [4.69, 9.17) is 5.11 Å². The summed E-state index contributed by atoms with van der Waals surface area (Å²) >= 11 is 1.81. The van der Waals surface area contributed by atoms with Crippen LogP contribution < -0.4 is 4.90 Å². The lowest BCUT2D eigenvalue weighted by molar-refractivity contribution is -0.135. The molecule has 1 heterocycles. The summed E-state index contributed by atoms with van der Waals surface area (Å²) in [5.41, 5.74) is 2.24. The second-order valence-electron chi connectivity index (χ2n) is 4.10. The van der Waals surface area contributed by atoms with Crippen molar-refractivity contribution in [2.45, 2.75) is 24.8 Å². The summed E-state index contributed by atoms with van der Waals surface area (Å²) in [4.78, 5) is 14.1. The van der Waals surface area contributed by atoms with Gasteiger partial charge in [-0.25, -0.2) is 0 Å². The molecule has 1 aliphatic rings. The van der Waals surface area contributed by atoms with Crippen molar-refractivity contribution in [3.8, 4) is 0 Å². The maximum Gasteiger partial charge on any atom is 0.323 e. The molecule has 0 radical (unpaired) electrons. The van der Waals surface area contributed by atoms with E-state index in [1.807, 2.05) is 35.7 Å². The SMILES string of the molecule is Cc1cccc2c1N(CC(=O)O)C(C)CS2. The van der Waals surface area contributed by atoms with Crippen LogP contribution in [0.1, 0.15) is 12.5 Å². The predicted molar refractivity (Wildman–Crippen MR) is 66.3 cm³/mol. The highest BCUT2D eigenvalue weighted by Crippen LogP contribution is 2.39. The van der Waals surface area contributed by atoms with Gasteiger partial charge in [0.25, 0.3) is 0 Å². The molecule has 1 unspecified atom stereocenters. The molecule has 0 amide bonds. The van der Waals surface area contributed by atoms with Gasteiger partial charge in [-0.2, -0.15) is 0 Å². The zero-order chi connectivity index (χ0) is 11.7. The van der Waals surface area contributed by atoms with Crippen molar-refractivity contribution >= 4 is 23.4 Å². The van der Waals surface area contributed by atoms with E-state index in [1.165, 1.54) is 4.90 Å². The van der Waals surface area contributed by atoms with Gasteiger partial charge in [0.2, 0.25) is 0 Å². The zero-order valence-electron chi connectivity index (χ0n) is 9.43. The Labute approximate surface area is 99.5 Å². The number of hydrogen-bond acceptors (Lipinski definition) is 3. The third-order valence-corrected chi connectivity index (χ3v) is 4.10. The second kappa shape index (κ2) is 4.37. The standard InChI is InChI=1S/C12H15NO2S/c1-8-4-3-5-10-12(8)13(6-11(14)15)9(2)7-16-10/h3-5,9H,6-7H2,1-2H3,(H,14,15). The first-order valence-corrected chi connectivity index (χ1v) is 6.29. The van der Waals surface area contributed by atoms with Gasteiger partial charge in [-0.3, -0.25) is 4.79 Å². The van der Waals surface area contributed by atoms with E-state index in [-0.39, 0.29) is 12.6 Å². The van der Waals surface area contributed by atoms with E-state index in [0.29, 0.717) is 0 Å². The van der Waals surface area contributed by atoms with Crippen molar-refractivity contribution < 1.29 is 9.90 Å². The third-order valence-electron chi connectivity index (χ3n) is 2.81. The first-order chi connectivity index (χ1) is 7.59. The maximum absolute atomic E-state index is 10.9. The van der Waals surface area contributed by atoms with E-state index in [9.17, 15) is 4.79 Å². The van der Waals surface area contributed by atoms with Gasteiger partial charge in [-0.15, -0.1) is 11.8 Å². The number of aliphatic carboxylic acids is 1. The molecule has 0 bridgehead atoms. The van der Waals surface area contributed by atoms with Crippen LogP contribution in [0.15, 0.2) is 23.1 Å². The van der Waals surface area contributed by atoms with Gasteiger partial charge >= 0.3 is 5.97 Å². The fraction of sp³-hybridized carbons (Fsp3) is 0.417. The molecule has 1 aromatic carbocycles. The van der Waals surface area contributed by atoms with Gasteiger partial charge in [-0.05, 0) is 25.5 Å². The molecule has 0 saturated carbocycles. The molecular formula is C12H15NO2S. The van der Waals surface area contributed by atoms with Gasteiger partial charge in [0.05, 0.1) is 5.69 Å². The predicted octanol–water partition coefficient (Wildman–Crippen LogP) is 2.38. The van der Waals surface area contributed by atoms with Crippen molar-refractivity contribution in [1.29, 1.82) is 0 Å². The number of carboxylic acid groups (broad SMARTS) is 1. The Hall–Kier alpha value is -1.16. The Balaban J connectivity index is 2.42. The molecule has 1 aliphatic heterocycles. The molecule has 4 heteroatoms. The van der Waals surface area contributed by atoms with E-state index >= 15 is 0 Å². The van der Waals surface area contributed by atoms with Gasteiger partial charge < -0.3 is 10.0 Å². The van der Waals surface area contributed by atoms with Crippen molar-refractivity contribution in [1.82, 2.24) is 0 Å². The number of benzene rings is 1. The minimum Gasteiger partial charge on any atom is -0.480 e. The highest BCUT2D eigenvalue weighted by molar-refractivity contribution is 7.99. The Morgan fingerprint density at radius 2 is 2.38 bits per heavy atom. The summed E-state index contributed by atoms with van der Waals surface area (Å²) in [5.74, 6) is 0.178. The highest BCUT2D eigenvalue weighted by atomic mass is 32.2. The quantitative estimate of drug-likeness (QED) is 0.857. The lowest BCUT2D eigenvalue weighted by Gasteiger charge is -2.36. The number of carbonyl (C=O) groups is 1. The highest BCUT2D eigenvalue weighted by Gasteiger charge is 2.26. The number of hydrogen-bond donors (Lipinski definition) is 1. The number of thioether (sulfide) groups is 1. The fourth-order valence-electron chi connectivity index (χ4n) is 2.02. The summed E-state index contributed by atoms with van der Waals surface area (Å²) in [7, 11) is 0. The molecule has 1 atom stereocenters. The van der Waals surface area contributed by atoms with E-state index < -0.39 is 5.97 Å². The second-order valence-corrected chi connectivity index (χ2v) is 5.17. The number of fused-ring (bicyclic) bond motifs is 1. The molecule has 2 rings (SSSR count). The van der Waals surface area contributed by atoms with Crippen LogP contribution in [0.25, 0.3) is 0 Å². The lowest BCUT2D eigenvalue weighted by atomic mass is 10.1. The maximum atomic E-state index is 10.9. The molecular weight excluding hydrogens is 222 g/mol. The molecule has 0 fully saturated rings. The van der Waals surface area contributed by atoms with E-state index in [1.54, 1.807) is 0 Å². The number of para-hydroxylation sites is 1. The van der Waals surface area contributed by atoms with Crippen LogP contribution in [0.4, 0.5) is 5.69 Å². The Morgan fingerprint density at radius 3 is 3.06 bits per heavy atom. The van der Waals surface area contributed by atoms with Crippen LogP contribution in [0, 0.1) is 6.92 Å². The lowest BCUT2D eigenvalue weighted by Crippen LogP contribution is -2.41. The molecule has 0 aromatic heterocycles. The molecule has 3 nitrogen and oxygen atoms in total. The van der Waals surface area contributed by atoms with Crippen LogP contribution in [0.5, 0.6) is 0 Å². The summed E-state index contributed by atoms with van der Waals surface area (Å²) < 4.78 is 0. The van der Waals surface area contributed by atoms with Gasteiger partial charge in [0, 0.05) is 16.7 Å². The summed E-state index contributed by atoms with van der Waals surface area (Å²) in [6.45, 7) is 4.19. The van der Waals surface area contributed by atoms with E-state index in [0.717, 1.165) is 17.0 Å². The van der Waals surface area contributed by atoms with Crippen LogP contribution in [0.3, 0.4) is 0 Å². The van der Waals surface area contributed by atoms with Crippen LogP contribution in [0.2, 0.25) is 0 Å². The smallest absolute Gasteiger partial charge is 0.323 e. The number of carboxylic acids is 1. The normalized spacial score (nSPS) is 19.4. The van der Waals surface area contributed by atoms with Crippen LogP contribution in [-0.4, -0.2) is 29.4 Å². The Bertz CT molecular complexity index is 419. The minimum absolute atomic E-state index is 0.0829. The van der Waals surface area contributed by atoms with Crippen molar-refractivity contribution in [3.05, 3.63) is 23.8 Å². The van der Waals surface area contributed by atoms with Gasteiger partial charge in [0.1, 0.15) is 6.54 Å². The molecule has 16 heavy (non-hydrogen) atoms. The molecule has 86 valence electrons. The number of rotatable bonds is 2. The fourth-order valence-corrected chi connectivity index (χ4v) is 3.21. The first kappa shape index (κ1) is 11.3. The summed E-state index contributed by atoms with van der Waals surface area (Å²) in [5, 5.41) is 8.95. The van der Waals surface area contributed by atoms with Gasteiger partial charge in [0.15, 0.2) is 0 Å². The van der Waals surface area contributed by atoms with Gasteiger partial charge in [-0.1, -0.05) is 12.1 Å². The third kappa shape index (κ3) is 2.02. The average Bonchev–Trinajstić information content (AvgIpc) is 2.22. The Kier molecular flexibility index (Phi) is 3.10.